The van der Waals surface area contributed by atoms with Gasteiger partial charge in [0.2, 0.25) is 5.91 Å². The fourth-order valence-electron chi connectivity index (χ4n) is 2.48. The summed E-state index contributed by atoms with van der Waals surface area (Å²) in [6.45, 7) is 5.18. The third-order valence-corrected chi connectivity index (χ3v) is 3.63. The number of aryl methyl sites for hydroxylation is 2. The van der Waals surface area contributed by atoms with E-state index < -0.39 is 0 Å². The van der Waals surface area contributed by atoms with Crippen molar-refractivity contribution < 1.29 is 4.79 Å². The summed E-state index contributed by atoms with van der Waals surface area (Å²) in [4.78, 5) is 14.1. The van der Waals surface area contributed by atoms with Crippen LogP contribution in [0.5, 0.6) is 0 Å². The lowest BCUT2D eigenvalue weighted by molar-refractivity contribution is -0.117. The molecule has 2 rings (SSSR count). The number of amides is 1. The fourth-order valence-corrected chi connectivity index (χ4v) is 2.48. The number of benzene rings is 2. The Labute approximate surface area is 137 Å². The molecule has 0 radical (unpaired) electrons. The van der Waals surface area contributed by atoms with Gasteiger partial charge in [-0.05, 0) is 50.2 Å². The van der Waals surface area contributed by atoms with Crippen LogP contribution in [0.4, 0.5) is 5.69 Å². The summed E-state index contributed by atoms with van der Waals surface area (Å²) in [6.07, 6.45) is 0. The maximum atomic E-state index is 12.1. The molecule has 2 aromatic carbocycles. The molecule has 1 N–H and O–H groups in total. The summed E-state index contributed by atoms with van der Waals surface area (Å²) in [6, 6.07) is 15.3. The van der Waals surface area contributed by atoms with Gasteiger partial charge in [-0.3, -0.25) is 9.69 Å². The average molecular weight is 307 g/mol. The highest BCUT2D eigenvalue weighted by Crippen LogP contribution is 2.13. The molecule has 23 heavy (non-hydrogen) atoms. The first-order valence-corrected chi connectivity index (χ1v) is 7.52. The molecule has 0 spiro atoms. The van der Waals surface area contributed by atoms with Crippen LogP contribution in [-0.2, 0) is 11.3 Å². The Kier molecular flexibility index (Phi) is 5.51. The first-order chi connectivity index (χ1) is 11.0. The van der Waals surface area contributed by atoms with Gasteiger partial charge in [-0.1, -0.05) is 29.8 Å². The normalized spacial score (nSPS) is 10.4. The second kappa shape index (κ2) is 7.57. The van der Waals surface area contributed by atoms with E-state index in [-0.39, 0.29) is 5.91 Å². The molecular weight excluding hydrogens is 286 g/mol. The van der Waals surface area contributed by atoms with Crippen molar-refractivity contribution in [2.75, 3.05) is 18.9 Å². The van der Waals surface area contributed by atoms with Crippen molar-refractivity contribution in [3.05, 3.63) is 64.7 Å². The monoisotopic (exact) mass is 307 g/mol. The van der Waals surface area contributed by atoms with Gasteiger partial charge in [0.1, 0.15) is 0 Å². The minimum absolute atomic E-state index is 0.0904. The van der Waals surface area contributed by atoms with Gasteiger partial charge in [-0.15, -0.1) is 0 Å². The second-order valence-electron chi connectivity index (χ2n) is 5.84. The lowest BCUT2D eigenvalue weighted by Crippen LogP contribution is -2.30. The van der Waals surface area contributed by atoms with E-state index in [1.165, 1.54) is 16.7 Å². The summed E-state index contributed by atoms with van der Waals surface area (Å²) >= 11 is 0. The average Bonchev–Trinajstić information content (AvgIpc) is 2.50. The van der Waals surface area contributed by atoms with E-state index >= 15 is 0 Å². The van der Waals surface area contributed by atoms with E-state index in [0.717, 1.165) is 6.54 Å². The quantitative estimate of drug-likeness (QED) is 0.922. The van der Waals surface area contributed by atoms with Crippen molar-refractivity contribution in [2.24, 2.45) is 0 Å². The fraction of sp³-hybridized carbons (Fsp3) is 0.263. The van der Waals surface area contributed by atoms with Crippen LogP contribution in [0.15, 0.2) is 42.5 Å². The molecule has 0 atom stereocenters. The molecule has 0 aliphatic carbocycles. The Morgan fingerprint density at radius 1 is 1.22 bits per heavy atom. The molecule has 0 unspecified atom stereocenters. The topological polar surface area (TPSA) is 56.1 Å². The van der Waals surface area contributed by atoms with Crippen molar-refractivity contribution in [1.82, 2.24) is 4.90 Å². The van der Waals surface area contributed by atoms with Gasteiger partial charge in [0.15, 0.2) is 0 Å². The van der Waals surface area contributed by atoms with Gasteiger partial charge in [-0.25, -0.2) is 0 Å². The lowest BCUT2D eigenvalue weighted by atomic mass is 10.1. The highest BCUT2D eigenvalue weighted by atomic mass is 16.2. The van der Waals surface area contributed by atoms with Crippen LogP contribution in [0.2, 0.25) is 0 Å². The first-order valence-electron chi connectivity index (χ1n) is 7.52. The van der Waals surface area contributed by atoms with Crippen LogP contribution in [0.1, 0.15) is 22.3 Å². The molecule has 0 fully saturated rings. The predicted octanol–water partition coefficient (Wildman–Crippen LogP) is 3.25. The Balaban J connectivity index is 1.93. The zero-order chi connectivity index (χ0) is 16.8. The van der Waals surface area contributed by atoms with Crippen LogP contribution in [0, 0.1) is 25.2 Å². The Morgan fingerprint density at radius 2 is 2.00 bits per heavy atom. The van der Waals surface area contributed by atoms with Crippen LogP contribution in [0.3, 0.4) is 0 Å². The number of anilines is 1. The largest absolute Gasteiger partial charge is 0.325 e. The summed E-state index contributed by atoms with van der Waals surface area (Å²) in [5.74, 6) is -0.0904. The third kappa shape index (κ3) is 4.94. The number of nitriles is 1. The zero-order valence-electron chi connectivity index (χ0n) is 13.8. The van der Waals surface area contributed by atoms with Gasteiger partial charge < -0.3 is 5.32 Å². The number of likely N-dealkylation sites (N-methyl/N-ethyl adjacent to an activating group) is 1. The van der Waals surface area contributed by atoms with Gasteiger partial charge in [0.05, 0.1) is 18.2 Å². The molecule has 0 aliphatic rings. The number of rotatable bonds is 5. The van der Waals surface area contributed by atoms with Crippen LogP contribution in [-0.4, -0.2) is 24.4 Å². The maximum Gasteiger partial charge on any atom is 0.238 e. The van der Waals surface area contributed by atoms with Crippen molar-refractivity contribution in [3.8, 4) is 6.07 Å². The minimum atomic E-state index is -0.0904. The molecule has 0 aliphatic heterocycles. The molecule has 0 heterocycles. The van der Waals surface area contributed by atoms with E-state index in [2.05, 4.69) is 43.4 Å². The van der Waals surface area contributed by atoms with Crippen LogP contribution in [0.25, 0.3) is 0 Å². The van der Waals surface area contributed by atoms with Gasteiger partial charge in [0, 0.05) is 12.2 Å². The van der Waals surface area contributed by atoms with Crippen LogP contribution >= 0.6 is 0 Å². The van der Waals surface area contributed by atoms with E-state index in [1.807, 2.05) is 11.9 Å². The maximum absolute atomic E-state index is 12.1. The molecular formula is C19H21N3O. The smallest absolute Gasteiger partial charge is 0.238 e. The number of nitrogens with one attached hydrogen (secondary N) is 1. The Bertz CT molecular complexity index is 747. The van der Waals surface area contributed by atoms with Crippen molar-refractivity contribution in [3.63, 3.8) is 0 Å². The van der Waals surface area contributed by atoms with Crippen molar-refractivity contribution >= 4 is 11.6 Å². The Hall–Kier alpha value is -2.64. The van der Waals surface area contributed by atoms with E-state index in [4.69, 9.17) is 5.26 Å². The summed E-state index contributed by atoms with van der Waals surface area (Å²) < 4.78 is 0. The van der Waals surface area contributed by atoms with Gasteiger partial charge >= 0.3 is 0 Å². The summed E-state index contributed by atoms with van der Waals surface area (Å²) in [5, 5.41) is 11.7. The highest BCUT2D eigenvalue weighted by molar-refractivity contribution is 5.92. The number of nitrogens with zero attached hydrogens (tertiary/aromatic N) is 2. The molecule has 1 amide bonds. The summed E-state index contributed by atoms with van der Waals surface area (Å²) in [7, 11) is 1.92. The molecule has 0 bridgehead atoms. The Morgan fingerprint density at radius 3 is 2.70 bits per heavy atom. The predicted molar refractivity (Wildman–Crippen MR) is 92.0 cm³/mol. The number of hydrogen-bond donors (Lipinski definition) is 1. The highest BCUT2D eigenvalue weighted by Gasteiger charge is 2.09. The number of hydrogen-bond acceptors (Lipinski definition) is 3. The molecule has 0 saturated heterocycles. The zero-order valence-corrected chi connectivity index (χ0v) is 13.8. The number of carbonyl (C=O) groups excluding carboxylic acids is 1. The van der Waals surface area contributed by atoms with Crippen LogP contribution < -0.4 is 5.32 Å². The first kappa shape index (κ1) is 16.7. The van der Waals surface area contributed by atoms with Crippen molar-refractivity contribution in [1.29, 1.82) is 5.26 Å². The molecule has 118 valence electrons. The van der Waals surface area contributed by atoms with Gasteiger partial charge in [-0.2, -0.15) is 5.26 Å². The molecule has 4 heteroatoms. The van der Waals surface area contributed by atoms with E-state index in [9.17, 15) is 4.79 Å². The van der Waals surface area contributed by atoms with Gasteiger partial charge in [0.25, 0.3) is 0 Å². The van der Waals surface area contributed by atoms with Crippen molar-refractivity contribution in [2.45, 2.75) is 20.4 Å². The summed E-state index contributed by atoms with van der Waals surface area (Å²) in [5.41, 5.74) is 4.88. The molecule has 4 nitrogen and oxygen atoms in total. The minimum Gasteiger partial charge on any atom is -0.325 e. The third-order valence-electron chi connectivity index (χ3n) is 3.63. The molecule has 2 aromatic rings. The SMILES string of the molecule is Cc1ccc(CN(C)CC(=O)Nc2cccc(C#N)c2)c(C)c1. The standard InChI is InChI=1S/C19H21N3O/c1-14-7-8-17(15(2)9-14)12-22(3)13-19(23)21-18-6-4-5-16(10-18)11-20/h4-10H,12-13H2,1-3H3,(H,21,23). The lowest BCUT2D eigenvalue weighted by Gasteiger charge is -2.18. The van der Waals surface area contributed by atoms with E-state index in [1.54, 1.807) is 24.3 Å². The second-order valence-corrected chi connectivity index (χ2v) is 5.84. The van der Waals surface area contributed by atoms with E-state index in [0.29, 0.717) is 17.8 Å². The number of carbonyl (C=O) groups is 1. The molecule has 0 saturated carbocycles. The molecule has 0 aromatic heterocycles.